The fourth-order valence-corrected chi connectivity index (χ4v) is 2.70. The van der Waals surface area contributed by atoms with Gasteiger partial charge in [0.2, 0.25) is 0 Å². The van der Waals surface area contributed by atoms with E-state index in [0.29, 0.717) is 33.4 Å². The number of benzene rings is 3. The van der Waals surface area contributed by atoms with E-state index in [9.17, 15) is 10.0 Å². The zero-order valence-electron chi connectivity index (χ0n) is 15.8. The molecule has 3 aromatic rings. The second-order valence-corrected chi connectivity index (χ2v) is 6.61. The third kappa shape index (κ3) is 5.45. The van der Waals surface area contributed by atoms with E-state index in [2.05, 4.69) is 25.3 Å². The van der Waals surface area contributed by atoms with Crippen molar-refractivity contribution < 1.29 is 14.9 Å². The van der Waals surface area contributed by atoms with Crippen molar-refractivity contribution in [3.05, 3.63) is 71.6 Å². The molecule has 3 rings (SSSR count). The molecule has 0 unspecified atom stereocenters. The number of nitrogens with zero attached hydrogens (tertiary/aromatic N) is 5. The van der Waals surface area contributed by atoms with Gasteiger partial charge < -0.3 is 5.11 Å². The first-order valence-corrected chi connectivity index (χ1v) is 9.73. The van der Waals surface area contributed by atoms with Crippen LogP contribution in [-0.2, 0) is 4.84 Å². The van der Waals surface area contributed by atoms with E-state index in [0.717, 1.165) is 4.90 Å². The zero-order chi connectivity index (χ0) is 20.6. The minimum Gasteiger partial charge on any atom is -0.506 e. The highest BCUT2D eigenvalue weighted by Crippen LogP contribution is 2.32. The lowest BCUT2D eigenvalue weighted by Gasteiger charge is -2.00. The van der Waals surface area contributed by atoms with E-state index in [1.165, 1.54) is 7.11 Å². The lowest BCUT2D eigenvalue weighted by Crippen LogP contribution is -1.96. The van der Waals surface area contributed by atoms with Crippen molar-refractivity contribution in [1.29, 1.82) is 0 Å². The van der Waals surface area contributed by atoms with Crippen molar-refractivity contribution in [3.8, 4) is 5.75 Å². The molecule has 0 aromatic heterocycles. The van der Waals surface area contributed by atoms with Crippen LogP contribution in [0.5, 0.6) is 5.75 Å². The Labute approximate surface area is 171 Å². The summed E-state index contributed by atoms with van der Waals surface area (Å²) in [7, 11) is 1.30. The zero-order valence-corrected chi connectivity index (χ0v) is 16.6. The number of phenols is 1. The molecule has 0 spiro atoms. The average molecular weight is 408 g/mol. The van der Waals surface area contributed by atoms with E-state index < -0.39 is 0 Å². The van der Waals surface area contributed by atoms with Crippen LogP contribution >= 0.6 is 11.8 Å². The molecule has 0 aliphatic rings. The summed E-state index contributed by atoms with van der Waals surface area (Å²) in [6, 6.07) is 18.7. The summed E-state index contributed by atoms with van der Waals surface area (Å²) >= 11 is 1.56. The van der Waals surface area contributed by atoms with Crippen LogP contribution in [0.1, 0.15) is 0 Å². The van der Waals surface area contributed by atoms with Gasteiger partial charge in [0.05, 0.1) is 22.0 Å². The van der Waals surface area contributed by atoms with Crippen LogP contribution < -0.4 is 0 Å². The molecule has 146 valence electrons. The number of hydrogen-bond acceptors (Lipinski definition) is 8. The highest BCUT2D eigenvalue weighted by Gasteiger charge is 2.12. The second-order valence-electron chi connectivity index (χ2n) is 5.73. The highest BCUT2D eigenvalue weighted by atomic mass is 32.2. The lowest BCUT2D eigenvalue weighted by atomic mass is 10.3. The average Bonchev–Trinajstić information content (AvgIpc) is 2.77. The molecule has 0 saturated heterocycles. The SMILES string of the molecule is CO[N+](=O)c1ccc(N=Nc2ccc(N=Nc3cc(SC)ccc3O)cc2)cc1. The molecule has 8 nitrogen and oxygen atoms in total. The van der Waals surface area contributed by atoms with Gasteiger partial charge in [-0.15, -0.1) is 16.9 Å². The van der Waals surface area contributed by atoms with Gasteiger partial charge in [0.25, 0.3) is 4.92 Å². The topological polar surface area (TPSA) is 99.0 Å². The maximum absolute atomic E-state index is 11.3. The predicted octanol–water partition coefficient (Wildman–Crippen LogP) is 6.92. The molecule has 0 heterocycles. The van der Waals surface area contributed by atoms with Gasteiger partial charge in [-0.25, -0.2) is 4.84 Å². The Hall–Kier alpha value is -3.59. The van der Waals surface area contributed by atoms with Gasteiger partial charge in [0.15, 0.2) is 7.11 Å². The highest BCUT2D eigenvalue weighted by molar-refractivity contribution is 7.98. The van der Waals surface area contributed by atoms with Gasteiger partial charge in [-0.05, 0) is 60.9 Å². The molecule has 0 bridgehead atoms. The van der Waals surface area contributed by atoms with Gasteiger partial charge in [0.1, 0.15) is 11.4 Å². The monoisotopic (exact) mass is 408 g/mol. The van der Waals surface area contributed by atoms with Gasteiger partial charge in [-0.2, -0.15) is 15.3 Å². The molecule has 29 heavy (non-hydrogen) atoms. The molecule has 0 aliphatic heterocycles. The summed E-state index contributed by atoms with van der Waals surface area (Å²) in [5.41, 5.74) is 2.65. The predicted molar refractivity (Wildman–Crippen MR) is 111 cm³/mol. The minimum atomic E-state index is 0.0774. The van der Waals surface area contributed by atoms with E-state index in [4.69, 9.17) is 0 Å². The quantitative estimate of drug-likeness (QED) is 0.261. The third-order valence-electron chi connectivity index (χ3n) is 3.81. The van der Waals surface area contributed by atoms with Crippen molar-refractivity contribution in [1.82, 2.24) is 0 Å². The van der Waals surface area contributed by atoms with Crippen molar-refractivity contribution in [2.75, 3.05) is 13.4 Å². The summed E-state index contributed by atoms with van der Waals surface area (Å²) in [6.07, 6.45) is 1.95. The van der Waals surface area contributed by atoms with Crippen molar-refractivity contribution in [3.63, 3.8) is 0 Å². The molecule has 0 amide bonds. The number of aromatic hydroxyl groups is 1. The standard InChI is InChI=1S/C20H17N5O3S/c1-28-25(27)17-9-7-16(8-10-17)22-21-14-3-5-15(6-4-14)23-24-19-13-18(29-2)11-12-20(19)26/h3-13H,1-2H3/p+1. The Bertz CT molecular complexity index is 1050. The van der Waals surface area contributed by atoms with E-state index in [1.54, 1.807) is 72.4 Å². The van der Waals surface area contributed by atoms with Crippen LogP contribution in [0.25, 0.3) is 0 Å². The van der Waals surface area contributed by atoms with Crippen LogP contribution in [0.4, 0.5) is 28.4 Å². The summed E-state index contributed by atoms with van der Waals surface area (Å²) in [5.74, 6) is 0.0774. The largest absolute Gasteiger partial charge is 0.506 e. The summed E-state index contributed by atoms with van der Waals surface area (Å²) in [5, 5.41) is 26.4. The van der Waals surface area contributed by atoms with Gasteiger partial charge in [-0.1, -0.05) is 0 Å². The fraction of sp³-hybridized carbons (Fsp3) is 0.100. The van der Waals surface area contributed by atoms with Crippen molar-refractivity contribution >= 4 is 40.2 Å². The van der Waals surface area contributed by atoms with Crippen LogP contribution in [0.15, 0.2) is 92.1 Å². The first-order valence-electron chi connectivity index (χ1n) is 8.51. The van der Waals surface area contributed by atoms with E-state index >= 15 is 0 Å². The van der Waals surface area contributed by atoms with E-state index in [1.807, 2.05) is 12.3 Å². The number of phenolic OH excluding ortho intramolecular Hbond substituents is 1. The molecular formula is C20H18N5O3S+. The molecule has 0 fully saturated rings. The maximum atomic E-state index is 11.3. The van der Waals surface area contributed by atoms with Gasteiger partial charge >= 0.3 is 5.69 Å². The molecule has 3 aromatic carbocycles. The molecule has 1 N–H and O–H groups in total. The minimum absolute atomic E-state index is 0.0774. The van der Waals surface area contributed by atoms with Crippen molar-refractivity contribution in [2.24, 2.45) is 20.5 Å². The number of thioether (sulfide) groups is 1. The smallest absolute Gasteiger partial charge is 0.316 e. The molecule has 0 atom stereocenters. The number of hydrogen-bond donors (Lipinski definition) is 1. The third-order valence-corrected chi connectivity index (χ3v) is 4.54. The van der Waals surface area contributed by atoms with Crippen LogP contribution in [0.3, 0.4) is 0 Å². The van der Waals surface area contributed by atoms with Crippen LogP contribution in [0.2, 0.25) is 0 Å². The Morgan fingerprint density at radius 2 is 1.34 bits per heavy atom. The molecule has 9 heteroatoms. The van der Waals surface area contributed by atoms with E-state index in [-0.39, 0.29) is 5.75 Å². The summed E-state index contributed by atoms with van der Waals surface area (Å²) in [6.45, 7) is 0. The first kappa shape index (κ1) is 20.2. The van der Waals surface area contributed by atoms with Gasteiger partial charge in [-0.3, -0.25) is 0 Å². The normalized spacial score (nSPS) is 11.2. The number of rotatable bonds is 7. The van der Waals surface area contributed by atoms with Crippen LogP contribution in [-0.4, -0.2) is 23.4 Å². The van der Waals surface area contributed by atoms with Crippen molar-refractivity contribution in [2.45, 2.75) is 4.90 Å². The molecule has 0 saturated carbocycles. The number of azo groups is 2. The summed E-state index contributed by atoms with van der Waals surface area (Å²) in [4.78, 5) is 17.3. The van der Waals surface area contributed by atoms with Gasteiger partial charge in [0, 0.05) is 17.0 Å². The van der Waals surface area contributed by atoms with Crippen LogP contribution in [0, 0.1) is 4.91 Å². The lowest BCUT2D eigenvalue weighted by molar-refractivity contribution is -0.736. The Balaban J connectivity index is 1.67. The Morgan fingerprint density at radius 1 is 0.828 bits per heavy atom. The maximum Gasteiger partial charge on any atom is 0.316 e. The first-order chi connectivity index (χ1) is 14.1. The Kier molecular flexibility index (Phi) is 6.64. The fourth-order valence-electron chi connectivity index (χ4n) is 2.27. The molecule has 0 radical (unpaired) electrons. The second kappa shape index (κ2) is 9.56. The Morgan fingerprint density at radius 3 is 1.86 bits per heavy atom. The molecular weight excluding hydrogens is 390 g/mol. The summed E-state index contributed by atoms with van der Waals surface area (Å²) < 4.78 is 0. The molecule has 0 aliphatic carbocycles.